The van der Waals surface area contributed by atoms with E-state index in [-0.39, 0.29) is 29.6 Å². The van der Waals surface area contributed by atoms with Crippen molar-refractivity contribution in [2.75, 3.05) is 18.5 Å². The molecule has 0 aromatic heterocycles. The van der Waals surface area contributed by atoms with Gasteiger partial charge in [-0.2, -0.15) is 0 Å². The predicted molar refractivity (Wildman–Crippen MR) is 89.4 cm³/mol. The van der Waals surface area contributed by atoms with Crippen LogP contribution >= 0.6 is 11.6 Å². The lowest BCUT2D eigenvalue weighted by Gasteiger charge is -2.26. The van der Waals surface area contributed by atoms with Gasteiger partial charge in [0.2, 0.25) is 0 Å². The number of rotatable bonds is 4. The van der Waals surface area contributed by atoms with Crippen molar-refractivity contribution in [3.05, 3.63) is 57.6 Å². The number of nitro groups is 1. The summed E-state index contributed by atoms with van der Waals surface area (Å²) in [4.78, 5) is 21.9. The van der Waals surface area contributed by atoms with E-state index in [1.165, 1.54) is 12.1 Å². The van der Waals surface area contributed by atoms with Gasteiger partial charge in [0.15, 0.2) is 17.6 Å². The Labute approximate surface area is 147 Å². The average molecular weight is 365 g/mol. The first kappa shape index (κ1) is 16.8. The maximum atomic E-state index is 11.8. The Kier molecular flexibility index (Phi) is 4.90. The number of hydrogen-bond acceptors (Lipinski definition) is 6. The second-order valence-electron chi connectivity index (χ2n) is 5.14. The first-order valence-electron chi connectivity index (χ1n) is 7.29. The van der Waals surface area contributed by atoms with Crippen LogP contribution in [0.25, 0.3) is 0 Å². The summed E-state index contributed by atoms with van der Waals surface area (Å²) in [7, 11) is 0. The van der Waals surface area contributed by atoms with Crippen molar-refractivity contribution < 1.29 is 23.9 Å². The van der Waals surface area contributed by atoms with E-state index in [0.717, 1.165) is 6.07 Å². The van der Waals surface area contributed by atoms with Gasteiger partial charge in [-0.3, -0.25) is 15.4 Å². The summed E-state index contributed by atoms with van der Waals surface area (Å²) >= 11 is 5.90. The second kappa shape index (κ2) is 7.27. The van der Waals surface area contributed by atoms with Crippen molar-refractivity contribution in [1.82, 2.24) is 0 Å². The molecule has 1 aliphatic rings. The van der Waals surface area contributed by atoms with E-state index < -0.39 is 17.1 Å². The van der Waals surface area contributed by atoms with Gasteiger partial charge < -0.3 is 14.2 Å². The Balaban J connectivity index is 1.53. The van der Waals surface area contributed by atoms with Crippen LogP contribution in [0.15, 0.2) is 42.5 Å². The Bertz CT molecular complexity index is 813. The number of carbonyl (C=O) groups excluding carboxylic acids is 1. The fraction of sp³-hybridized carbons (Fsp3) is 0.188. The van der Waals surface area contributed by atoms with E-state index in [9.17, 15) is 14.9 Å². The molecular weight excluding hydrogens is 352 g/mol. The van der Waals surface area contributed by atoms with Gasteiger partial charge in [-0.05, 0) is 18.2 Å². The SMILES string of the molecule is O=C(Nc1ccc([N+](=O)[O-])cc1Cl)OC[C@@H]1COc2ccccc2O1. The highest BCUT2D eigenvalue weighted by atomic mass is 35.5. The van der Waals surface area contributed by atoms with Crippen LogP contribution in [-0.2, 0) is 4.74 Å². The number of anilines is 1. The van der Waals surface area contributed by atoms with Crippen LogP contribution in [0.5, 0.6) is 11.5 Å². The van der Waals surface area contributed by atoms with Gasteiger partial charge in [0.25, 0.3) is 5.69 Å². The van der Waals surface area contributed by atoms with Crippen molar-refractivity contribution in [3.63, 3.8) is 0 Å². The fourth-order valence-electron chi connectivity index (χ4n) is 2.18. The van der Waals surface area contributed by atoms with Gasteiger partial charge in [-0.1, -0.05) is 23.7 Å². The Hall–Kier alpha value is -3.00. The molecule has 0 bridgehead atoms. The van der Waals surface area contributed by atoms with E-state index in [2.05, 4.69) is 5.32 Å². The molecule has 0 saturated carbocycles. The lowest BCUT2D eigenvalue weighted by Crippen LogP contribution is -2.34. The fourth-order valence-corrected chi connectivity index (χ4v) is 2.40. The predicted octanol–water partition coefficient (Wildman–Crippen LogP) is 3.64. The maximum Gasteiger partial charge on any atom is 0.411 e. The zero-order valence-electron chi connectivity index (χ0n) is 12.8. The minimum atomic E-state index is -0.752. The maximum absolute atomic E-state index is 11.8. The van der Waals surface area contributed by atoms with Gasteiger partial charge in [-0.15, -0.1) is 0 Å². The molecule has 1 amide bonds. The molecule has 1 aliphatic heterocycles. The molecule has 0 spiro atoms. The molecule has 2 aromatic carbocycles. The number of halogens is 1. The molecule has 2 aromatic rings. The monoisotopic (exact) mass is 364 g/mol. The number of nitrogens with zero attached hydrogens (tertiary/aromatic N) is 1. The van der Waals surface area contributed by atoms with E-state index in [0.29, 0.717) is 11.5 Å². The normalized spacial score (nSPS) is 15.3. The number of nitrogens with one attached hydrogen (secondary N) is 1. The van der Waals surface area contributed by atoms with Crippen molar-refractivity contribution >= 4 is 29.1 Å². The summed E-state index contributed by atoms with van der Waals surface area (Å²) in [5.41, 5.74) is 0.0405. The smallest absolute Gasteiger partial charge is 0.411 e. The number of amides is 1. The lowest BCUT2D eigenvalue weighted by molar-refractivity contribution is -0.384. The first-order chi connectivity index (χ1) is 12.0. The molecule has 1 atom stereocenters. The summed E-state index contributed by atoms with van der Waals surface area (Å²) < 4.78 is 16.3. The number of fused-ring (bicyclic) bond motifs is 1. The van der Waals surface area contributed by atoms with Crippen LogP contribution in [0.1, 0.15) is 0 Å². The molecule has 25 heavy (non-hydrogen) atoms. The van der Waals surface area contributed by atoms with Crippen molar-refractivity contribution in [2.45, 2.75) is 6.10 Å². The van der Waals surface area contributed by atoms with E-state index in [4.69, 9.17) is 25.8 Å². The third kappa shape index (κ3) is 4.10. The van der Waals surface area contributed by atoms with Crippen LogP contribution in [-0.4, -0.2) is 30.3 Å². The number of benzene rings is 2. The molecule has 8 nitrogen and oxygen atoms in total. The second-order valence-corrected chi connectivity index (χ2v) is 5.55. The molecule has 130 valence electrons. The van der Waals surface area contributed by atoms with Crippen LogP contribution in [0.3, 0.4) is 0 Å². The molecule has 3 rings (SSSR count). The summed E-state index contributed by atoms with van der Waals surface area (Å²) in [6, 6.07) is 10.9. The molecule has 0 unspecified atom stereocenters. The van der Waals surface area contributed by atoms with Crippen LogP contribution in [0.4, 0.5) is 16.2 Å². The standard InChI is InChI=1S/C16H13ClN2O6/c17-12-7-10(19(21)22)5-6-13(12)18-16(20)24-9-11-8-23-14-3-1-2-4-15(14)25-11/h1-7,11H,8-9H2,(H,18,20)/t11-/m0/s1. The van der Waals surface area contributed by atoms with Crippen molar-refractivity contribution in [2.24, 2.45) is 0 Å². The number of carbonyl (C=O) groups is 1. The zero-order chi connectivity index (χ0) is 17.8. The van der Waals surface area contributed by atoms with Gasteiger partial charge in [-0.25, -0.2) is 4.79 Å². The minimum absolute atomic E-state index is 0.0230. The molecule has 0 radical (unpaired) electrons. The quantitative estimate of drug-likeness (QED) is 0.656. The topological polar surface area (TPSA) is 99.9 Å². The molecule has 0 aliphatic carbocycles. The third-order valence-electron chi connectivity index (χ3n) is 3.37. The molecule has 9 heteroatoms. The van der Waals surface area contributed by atoms with Crippen molar-refractivity contribution in [3.8, 4) is 11.5 Å². The Morgan fingerprint density at radius 1 is 1.32 bits per heavy atom. The molecule has 1 N–H and O–H groups in total. The number of ether oxygens (including phenoxy) is 3. The number of para-hydroxylation sites is 2. The average Bonchev–Trinajstić information content (AvgIpc) is 2.61. The third-order valence-corrected chi connectivity index (χ3v) is 3.68. The van der Waals surface area contributed by atoms with E-state index >= 15 is 0 Å². The van der Waals surface area contributed by atoms with E-state index in [1.807, 2.05) is 12.1 Å². The Morgan fingerprint density at radius 2 is 2.08 bits per heavy atom. The van der Waals surface area contributed by atoms with Gasteiger partial charge in [0.1, 0.15) is 13.2 Å². The van der Waals surface area contributed by atoms with Gasteiger partial charge in [0, 0.05) is 12.1 Å². The highest BCUT2D eigenvalue weighted by Gasteiger charge is 2.22. The minimum Gasteiger partial charge on any atom is -0.486 e. The van der Waals surface area contributed by atoms with Crippen molar-refractivity contribution in [1.29, 1.82) is 0 Å². The highest BCUT2D eigenvalue weighted by Crippen LogP contribution is 2.31. The molecular formula is C16H13ClN2O6. The molecule has 0 fully saturated rings. The first-order valence-corrected chi connectivity index (χ1v) is 7.67. The largest absolute Gasteiger partial charge is 0.486 e. The van der Waals surface area contributed by atoms with Gasteiger partial charge >= 0.3 is 6.09 Å². The molecule has 1 heterocycles. The summed E-state index contributed by atoms with van der Waals surface area (Å²) in [6.07, 6.45) is -1.19. The Morgan fingerprint density at radius 3 is 2.80 bits per heavy atom. The number of hydrogen-bond donors (Lipinski definition) is 1. The van der Waals surface area contributed by atoms with Crippen LogP contribution < -0.4 is 14.8 Å². The summed E-state index contributed by atoms with van der Waals surface area (Å²) in [5.74, 6) is 1.22. The van der Waals surface area contributed by atoms with Crippen LogP contribution in [0.2, 0.25) is 5.02 Å². The van der Waals surface area contributed by atoms with Gasteiger partial charge in [0.05, 0.1) is 15.6 Å². The summed E-state index contributed by atoms with van der Waals surface area (Å²) in [6.45, 7) is 0.230. The van der Waals surface area contributed by atoms with E-state index in [1.54, 1.807) is 12.1 Å². The number of non-ortho nitro benzene ring substituents is 1. The zero-order valence-corrected chi connectivity index (χ0v) is 13.6. The molecule has 0 saturated heterocycles. The number of nitro benzene ring substituents is 1. The lowest BCUT2D eigenvalue weighted by atomic mass is 10.3. The summed E-state index contributed by atoms with van der Waals surface area (Å²) in [5, 5.41) is 13.1. The highest BCUT2D eigenvalue weighted by molar-refractivity contribution is 6.33. The van der Waals surface area contributed by atoms with Crippen LogP contribution in [0, 0.1) is 10.1 Å².